The van der Waals surface area contributed by atoms with Gasteiger partial charge in [0, 0.05) is 17.5 Å². The highest BCUT2D eigenvalue weighted by Crippen LogP contribution is 2.46. The predicted octanol–water partition coefficient (Wildman–Crippen LogP) is 1.83. The van der Waals surface area contributed by atoms with Crippen molar-refractivity contribution in [2.24, 2.45) is 10.7 Å². The predicted molar refractivity (Wildman–Crippen MR) is 71.0 cm³/mol. The number of aryl methyl sites for hydroxylation is 1. The number of nitrogens with two attached hydrogens (primary N) is 1. The Morgan fingerprint density at radius 1 is 1.65 bits per heavy atom. The van der Waals surface area contributed by atoms with Crippen molar-refractivity contribution in [1.29, 1.82) is 0 Å². The smallest absolute Gasteiger partial charge is 0.261 e. The highest BCUT2D eigenvalue weighted by atomic mass is 79.9. The van der Waals surface area contributed by atoms with Crippen molar-refractivity contribution < 1.29 is 4.79 Å². The van der Waals surface area contributed by atoms with Crippen LogP contribution < -0.4 is 5.73 Å². The van der Waals surface area contributed by atoms with Crippen LogP contribution in [0, 0.1) is 0 Å². The van der Waals surface area contributed by atoms with E-state index in [0.717, 1.165) is 28.6 Å². The Labute approximate surface area is 112 Å². The Bertz CT molecular complexity index is 539. The maximum Gasteiger partial charge on any atom is 0.261 e. The summed E-state index contributed by atoms with van der Waals surface area (Å²) in [6.07, 6.45) is 2.77. The van der Waals surface area contributed by atoms with Crippen LogP contribution in [0.25, 0.3) is 0 Å². The molecule has 1 aliphatic heterocycles. The van der Waals surface area contributed by atoms with Crippen LogP contribution >= 0.6 is 27.3 Å². The van der Waals surface area contributed by atoms with Crippen LogP contribution in [0.2, 0.25) is 0 Å². The number of carbonyl (C=O) groups is 1. The molecule has 4 nitrogen and oxygen atoms in total. The number of halogens is 1. The van der Waals surface area contributed by atoms with Crippen LogP contribution in [-0.2, 0) is 16.8 Å². The fraction of sp³-hybridized carbons (Fsp3) is 0.455. The van der Waals surface area contributed by atoms with Crippen LogP contribution in [0.5, 0.6) is 0 Å². The Morgan fingerprint density at radius 2 is 2.41 bits per heavy atom. The number of hydrogen-bond acceptors (Lipinski definition) is 4. The molecule has 2 N–H and O–H groups in total. The first-order valence-corrected chi connectivity index (χ1v) is 7.08. The van der Waals surface area contributed by atoms with Crippen LogP contribution in [0.15, 0.2) is 14.8 Å². The Hall–Kier alpha value is -0.880. The minimum atomic E-state index is -0.741. The van der Waals surface area contributed by atoms with E-state index < -0.39 is 5.54 Å². The largest absolute Gasteiger partial charge is 0.369 e. The van der Waals surface area contributed by atoms with Gasteiger partial charge in [-0.15, -0.1) is 11.3 Å². The third-order valence-electron chi connectivity index (χ3n) is 3.47. The Morgan fingerprint density at radius 3 is 3.06 bits per heavy atom. The van der Waals surface area contributed by atoms with Crippen molar-refractivity contribution in [3.63, 3.8) is 0 Å². The summed E-state index contributed by atoms with van der Waals surface area (Å²) in [5.74, 6) is 0.325. The van der Waals surface area contributed by atoms with Crippen molar-refractivity contribution >= 4 is 39.1 Å². The zero-order valence-corrected chi connectivity index (χ0v) is 11.8. The number of aliphatic imine (C=N–C) groups is 1. The molecule has 1 aliphatic carbocycles. The molecule has 0 radical (unpaired) electrons. The average molecular weight is 314 g/mol. The van der Waals surface area contributed by atoms with Gasteiger partial charge in [-0.25, -0.2) is 4.99 Å². The molecular formula is C11H12BrN3OS. The SMILES string of the molecule is CN1C(=O)C2(CCCc3sc(Br)cc32)N=C1N. The average Bonchev–Trinajstić information content (AvgIpc) is 2.76. The van der Waals surface area contributed by atoms with Gasteiger partial charge < -0.3 is 5.73 Å². The lowest BCUT2D eigenvalue weighted by molar-refractivity contribution is -0.131. The van der Waals surface area contributed by atoms with E-state index >= 15 is 0 Å². The summed E-state index contributed by atoms with van der Waals surface area (Å²) in [6.45, 7) is 0. The van der Waals surface area contributed by atoms with Gasteiger partial charge in [-0.3, -0.25) is 9.69 Å². The maximum atomic E-state index is 12.4. The van der Waals surface area contributed by atoms with Gasteiger partial charge in [-0.1, -0.05) is 0 Å². The molecule has 0 fully saturated rings. The number of rotatable bonds is 0. The number of thiophene rings is 1. The third-order valence-corrected chi connectivity index (χ3v) is 5.17. The lowest BCUT2D eigenvalue weighted by Gasteiger charge is -2.29. The van der Waals surface area contributed by atoms with E-state index in [1.165, 1.54) is 9.78 Å². The summed E-state index contributed by atoms with van der Waals surface area (Å²) in [6, 6.07) is 2.02. The Kier molecular flexibility index (Phi) is 2.35. The topological polar surface area (TPSA) is 58.7 Å². The summed E-state index contributed by atoms with van der Waals surface area (Å²) in [5, 5.41) is 0. The quantitative estimate of drug-likeness (QED) is 0.794. The molecule has 0 aromatic carbocycles. The number of nitrogens with zero attached hydrogens (tertiary/aromatic N) is 2. The molecule has 1 unspecified atom stereocenters. The van der Waals surface area contributed by atoms with Crippen molar-refractivity contribution in [3.8, 4) is 0 Å². The first-order valence-electron chi connectivity index (χ1n) is 5.47. The summed E-state index contributed by atoms with van der Waals surface area (Å²) < 4.78 is 1.06. The molecule has 0 saturated carbocycles. The summed E-state index contributed by atoms with van der Waals surface area (Å²) >= 11 is 5.18. The van der Waals surface area contributed by atoms with Crippen LogP contribution in [0.3, 0.4) is 0 Å². The fourth-order valence-corrected chi connectivity index (χ4v) is 4.42. The van der Waals surface area contributed by atoms with E-state index in [1.807, 2.05) is 6.07 Å². The van der Waals surface area contributed by atoms with E-state index in [4.69, 9.17) is 5.73 Å². The highest BCUT2D eigenvalue weighted by molar-refractivity contribution is 9.11. The van der Waals surface area contributed by atoms with Gasteiger partial charge in [0.25, 0.3) is 5.91 Å². The number of hydrogen-bond donors (Lipinski definition) is 1. The molecule has 0 saturated heterocycles. The molecule has 1 aromatic heterocycles. The fourth-order valence-electron chi connectivity index (χ4n) is 2.61. The first-order chi connectivity index (χ1) is 8.04. The minimum Gasteiger partial charge on any atom is -0.369 e. The first kappa shape index (κ1) is 11.2. The van der Waals surface area contributed by atoms with E-state index in [-0.39, 0.29) is 5.91 Å². The molecule has 1 spiro atoms. The number of guanidine groups is 1. The van der Waals surface area contributed by atoms with Crippen LogP contribution in [0.4, 0.5) is 0 Å². The number of amides is 1. The molecular weight excluding hydrogens is 302 g/mol. The number of likely N-dealkylation sites (N-methyl/N-ethyl adjacent to an activating group) is 1. The van der Waals surface area contributed by atoms with E-state index in [1.54, 1.807) is 18.4 Å². The normalized spacial score (nSPS) is 27.5. The van der Waals surface area contributed by atoms with Gasteiger partial charge in [0.15, 0.2) is 11.5 Å². The highest BCUT2D eigenvalue weighted by Gasteiger charge is 2.50. The monoisotopic (exact) mass is 313 g/mol. The lowest BCUT2D eigenvalue weighted by atomic mass is 9.80. The van der Waals surface area contributed by atoms with Gasteiger partial charge >= 0.3 is 0 Å². The minimum absolute atomic E-state index is 0.00116. The molecule has 6 heteroatoms. The summed E-state index contributed by atoms with van der Waals surface area (Å²) in [7, 11) is 1.69. The molecule has 2 heterocycles. The summed E-state index contributed by atoms with van der Waals surface area (Å²) in [4.78, 5) is 19.6. The lowest BCUT2D eigenvalue weighted by Crippen LogP contribution is -2.41. The summed E-state index contributed by atoms with van der Waals surface area (Å²) in [5.41, 5.74) is 6.08. The van der Waals surface area contributed by atoms with Crippen molar-refractivity contribution in [1.82, 2.24) is 4.90 Å². The van der Waals surface area contributed by atoms with E-state index in [9.17, 15) is 4.79 Å². The standard InChI is InChI=1S/C11H12BrN3OS/c1-15-9(16)11(14-10(15)13)4-2-3-7-6(11)5-8(12)17-7/h5H,2-4H2,1H3,(H2,13,14). The van der Waals surface area contributed by atoms with Gasteiger partial charge in [0.2, 0.25) is 0 Å². The van der Waals surface area contributed by atoms with Crippen molar-refractivity contribution in [3.05, 3.63) is 20.3 Å². The van der Waals surface area contributed by atoms with Crippen LogP contribution in [-0.4, -0.2) is 23.8 Å². The molecule has 1 atom stereocenters. The van der Waals surface area contributed by atoms with Crippen LogP contribution in [0.1, 0.15) is 23.3 Å². The van der Waals surface area contributed by atoms with Gasteiger partial charge in [-0.2, -0.15) is 0 Å². The molecule has 1 aromatic rings. The maximum absolute atomic E-state index is 12.4. The van der Waals surface area contributed by atoms with E-state index in [2.05, 4.69) is 20.9 Å². The number of carbonyl (C=O) groups excluding carboxylic acids is 1. The number of fused-ring (bicyclic) bond motifs is 2. The van der Waals surface area contributed by atoms with Crippen molar-refractivity contribution in [2.75, 3.05) is 7.05 Å². The third kappa shape index (κ3) is 1.40. The Balaban J connectivity index is 2.20. The molecule has 1 amide bonds. The molecule has 17 heavy (non-hydrogen) atoms. The zero-order chi connectivity index (χ0) is 12.2. The molecule has 2 aliphatic rings. The zero-order valence-electron chi connectivity index (χ0n) is 9.36. The van der Waals surface area contributed by atoms with Crippen molar-refractivity contribution in [2.45, 2.75) is 24.8 Å². The molecule has 3 rings (SSSR count). The van der Waals surface area contributed by atoms with Gasteiger partial charge in [0.05, 0.1) is 3.79 Å². The second kappa shape index (κ2) is 3.55. The molecule has 90 valence electrons. The van der Waals surface area contributed by atoms with Gasteiger partial charge in [0.1, 0.15) is 0 Å². The van der Waals surface area contributed by atoms with Gasteiger partial charge in [-0.05, 0) is 41.3 Å². The molecule has 0 bridgehead atoms. The second-order valence-electron chi connectivity index (χ2n) is 4.44. The van der Waals surface area contributed by atoms with E-state index in [0.29, 0.717) is 5.96 Å². The second-order valence-corrected chi connectivity index (χ2v) is 6.95.